The van der Waals surface area contributed by atoms with Gasteiger partial charge >= 0.3 is 6.18 Å². The maximum Gasteiger partial charge on any atom is 0.416 e. The lowest BCUT2D eigenvalue weighted by Crippen LogP contribution is -2.45. The fraction of sp³-hybridized carbons (Fsp3) is 0.379. The number of alkyl halides is 3. The summed E-state index contributed by atoms with van der Waals surface area (Å²) in [5.74, 6) is 0.290. The first-order valence-electron chi connectivity index (χ1n) is 13.2. The molecule has 3 heterocycles. The molecule has 1 spiro atoms. The Kier molecular flexibility index (Phi) is 7.26. The maximum atomic E-state index is 12.0. The van der Waals surface area contributed by atoms with Gasteiger partial charge in [0.25, 0.3) is 0 Å². The standard InChI is InChI=1S/C21H25N7O.C8H7F3/c1-13-11-24-19-18(25-13)26-20(28(19)12-16(22)29)27-8-6-21(7-9-27)10-14-4-2-3-5-15(14)17(21)23;1-6-4-2-3-5-7(6)8(9,10)11/h2-5,11,17H,6-10,12,23H2,1H3,(H2,22,29);2-5H,1H3. The monoisotopic (exact) mass is 551 g/mol. The summed E-state index contributed by atoms with van der Waals surface area (Å²) in [5, 5.41) is 0. The maximum absolute atomic E-state index is 12.0. The highest BCUT2D eigenvalue weighted by molar-refractivity contribution is 5.78. The van der Waals surface area contributed by atoms with Gasteiger partial charge in [-0.2, -0.15) is 18.2 Å². The number of carbonyl (C=O) groups is 1. The van der Waals surface area contributed by atoms with Crippen molar-refractivity contribution in [2.75, 3.05) is 18.0 Å². The van der Waals surface area contributed by atoms with E-state index in [1.54, 1.807) is 16.8 Å². The number of piperidine rings is 1. The Morgan fingerprint density at radius 2 is 1.73 bits per heavy atom. The molecule has 6 rings (SSSR count). The molecule has 0 saturated carbocycles. The van der Waals surface area contributed by atoms with Crippen LogP contribution in [0.25, 0.3) is 11.3 Å². The second-order valence-electron chi connectivity index (χ2n) is 10.6. The minimum absolute atomic E-state index is 0.0379. The smallest absolute Gasteiger partial charge is 0.368 e. The van der Waals surface area contributed by atoms with Crippen LogP contribution in [0.5, 0.6) is 0 Å². The molecule has 210 valence electrons. The SMILES string of the molecule is Cc1ccccc1C(F)(F)F.Cc1cnc2c(n1)nc(N1CCC3(CC1)Cc1ccccc1C3N)n2CC(N)=O. The van der Waals surface area contributed by atoms with Crippen molar-refractivity contribution in [3.8, 4) is 0 Å². The zero-order chi connectivity index (χ0) is 28.7. The highest BCUT2D eigenvalue weighted by Gasteiger charge is 2.46. The van der Waals surface area contributed by atoms with Crippen molar-refractivity contribution in [3.63, 3.8) is 0 Å². The first-order valence-corrected chi connectivity index (χ1v) is 13.2. The second kappa shape index (κ2) is 10.5. The van der Waals surface area contributed by atoms with Crippen LogP contribution in [0.15, 0.2) is 54.7 Å². The minimum atomic E-state index is -4.22. The molecule has 1 amide bonds. The Morgan fingerprint density at radius 3 is 2.35 bits per heavy atom. The molecule has 4 aromatic rings. The number of anilines is 1. The van der Waals surface area contributed by atoms with Gasteiger partial charge in [0.2, 0.25) is 11.9 Å². The summed E-state index contributed by atoms with van der Waals surface area (Å²) in [6.07, 6.45) is 0.444. The Balaban J connectivity index is 0.000000248. The van der Waals surface area contributed by atoms with Crippen LogP contribution in [-0.2, 0) is 23.9 Å². The third-order valence-electron chi connectivity index (χ3n) is 7.96. The third kappa shape index (κ3) is 5.25. The summed E-state index contributed by atoms with van der Waals surface area (Å²) in [4.78, 5) is 27.5. The molecular formula is C29H32F3N7O. The molecular weight excluding hydrogens is 519 g/mol. The Hall–Kier alpha value is -3.99. The first kappa shape index (κ1) is 27.6. The van der Waals surface area contributed by atoms with Crippen molar-refractivity contribution in [1.82, 2.24) is 19.5 Å². The summed E-state index contributed by atoms with van der Waals surface area (Å²) in [5.41, 5.74) is 16.6. The number of imidazole rings is 1. The zero-order valence-electron chi connectivity index (χ0n) is 22.4. The molecule has 1 aliphatic carbocycles. The summed E-state index contributed by atoms with van der Waals surface area (Å²) in [6, 6.07) is 14.1. The molecule has 0 bridgehead atoms. The van der Waals surface area contributed by atoms with Crippen LogP contribution in [-0.4, -0.2) is 38.5 Å². The molecule has 0 radical (unpaired) electrons. The van der Waals surface area contributed by atoms with Gasteiger partial charge in [-0.05, 0) is 61.3 Å². The van der Waals surface area contributed by atoms with Gasteiger partial charge in [-0.3, -0.25) is 9.36 Å². The lowest BCUT2D eigenvalue weighted by Gasteiger charge is -2.42. The summed E-state index contributed by atoms with van der Waals surface area (Å²) >= 11 is 0. The lowest BCUT2D eigenvalue weighted by molar-refractivity contribution is -0.138. The molecule has 1 unspecified atom stereocenters. The van der Waals surface area contributed by atoms with Crippen molar-refractivity contribution in [1.29, 1.82) is 0 Å². The lowest BCUT2D eigenvalue weighted by atomic mass is 9.73. The molecule has 8 nitrogen and oxygen atoms in total. The average Bonchev–Trinajstić information content (AvgIpc) is 3.38. The van der Waals surface area contributed by atoms with Crippen LogP contribution in [0.4, 0.5) is 19.1 Å². The third-order valence-corrected chi connectivity index (χ3v) is 7.96. The van der Waals surface area contributed by atoms with Crippen molar-refractivity contribution in [3.05, 3.63) is 82.7 Å². The van der Waals surface area contributed by atoms with E-state index in [1.165, 1.54) is 30.2 Å². The van der Waals surface area contributed by atoms with E-state index in [4.69, 9.17) is 16.5 Å². The normalized spacial score (nSPS) is 17.9. The fourth-order valence-corrected chi connectivity index (χ4v) is 5.86. The number of nitrogens with zero attached hydrogens (tertiary/aromatic N) is 5. The van der Waals surface area contributed by atoms with Gasteiger partial charge in [0.15, 0.2) is 11.3 Å². The van der Waals surface area contributed by atoms with Gasteiger partial charge in [-0.15, -0.1) is 0 Å². The number of fused-ring (bicyclic) bond motifs is 2. The highest BCUT2D eigenvalue weighted by atomic mass is 19.4. The number of nitrogens with two attached hydrogens (primary N) is 2. The number of benzene rings is 2. The van der Waals surface area contributed by atoms with Crippen molar-refractivity contribution >= 4 is 23.1 Å². The van der Waals surface area contributed by atoms with Gasteiger partial charge < -0.3 is 16.4 Å². The largest absolute Gasteiger partial charge is 0.416 e. The Bertz CT molecular complexity index is 1540. The van der Waals surface area contributed by atoms with Crippen LogP contribution >= 0.6 is 0 Å². The minimum Gasteiger partial charge on any atom is -0.368 e. The predicted octanol–water partition coefficient (Wildman–Crippen LogP) is 4.48. The number of aryl methyl sites for hydroxylation is 2. The number of primary amides is 1. The molecule has 1 fully saturated rings. The van der Waals surface area contributed by atoms with E-state index in [-0.39, 0.29) is 23.6 Å². The van der Waals surface area contributed by atoms with E-state index in [0.29, 0.717) is 17.2 Å². The summed E-state index contributed by atoms with van der Waals surface area (Å²) < 4.78 is 37.9. The van der Waals surface area contributed by atoms with Crippen LogP contribution < -0.4 is 16.4 Å². The fourth-order valence-electron chi connectivity index (χ4n) is 5.86. The van der Waals surface area contributed by atoms with E-state index in [0.717, 1.165) is 44.1 Å². The molecule has 1 atom stereocenters. The van der Waals surface area contributed by atoms with E-state index >= 15 is 0 Å². The number of amides is 1. The van der Waals surface area contributed by atoms with E-state index in [2.05, 4.69) is 39.1 Å². The van der Waals surface area contributed by atoms with Crippen LogP contribution in [0.3, 0.4) is 0 Å². The van der Waals surface area contributed by atoms with Gasteiger partial charge in [0, 0.05) is 19.1 Å². The van der Waals surface area contributed by atoms with Crippen molar-refractivity contribution in [2.24, 2.45) is 16.9 Å². The molecule has 2 aromatic carbocycles. The van der Waals surface area contributed by atoms with Crippen molar-refractivity contribution < 1.29 is 18.0 Å². The predicted molar refractivity (Wildman–Crippen MR) is 146 cm³/mol. The zero-order valence-corrected chi connectivity index (χ0v) is 22.4. The number of hydrogen-bond acceptors (Lipinski definition) is 6. The van der Waals surface area contributed by atoms with E-state index < -0.39 is 17.6 Å². The van der Waals surface area contributed by atoms with Crippen LogP contribution in [0.2, 0.25) is 0 Å². The molecule has 1 saturated heterocycles. The summed E-state index contributed by atoms with van der Waals surface area (Å²) in [7, 11) is 0. The quantitative estimate of drug-likeness (QED) is 0.388. The molecule has 2 aromatic heterocycles. The number of rotatable bonds is 3. The van der Waals surface area contributed by atoms with E-state index in [1.807, 2.05) is 6.92 Å². The van der Waals surface area contributed by atoms with Gasteiger partial charge in [0.1, 0.15) is 6.54 Å². The number of aromatic nitrogens is 4. The molecule has 4 N–H and O–H groups in total. The van der Waals surface area contributed by atoms with Crippen molar-refractivity contribution in [2.45, 2.75) is 51.9 Å². The molecule has 11 heteroatoms. The number of hydrogen-bond donors (Lipinski definition) is 2. The number of carbonyl (C=O) groups excluding carboxylic acids is 1. The van der Waals surface area contributed by atoms with Crippen LogP contribution in [0.1, 0.15) is 46.8 Å². The Labute approximate surface area is 230 Å². The van der Waals surface area contributed by atoms with Crippen LogP contribution in [0, 0.1) is 19.3 Å². The molecule has 1 aliphatic heterocycles. The summed E-state index contributed by atoms with van der Waals surface area (Å²) in [6.45, 7) is 5.01. The topological polar surface area (TPSA) is 116 Å². The van der Waals surface area contributed by atoms with E-state index in [9.17, 15) is 18.0 Å². The Morgan fingerprint density at radius 1 is 1.05 bits per heavy atom. The van der Waals surface area contributed by atoms with Gasteiger partial charge in [-0.1, -0.05) is 42.5 Å². The molecule has 40 heavy (non-hydrogen) atoms. The average molecular weight is 552 g/mol. The highest BCUT2D eigenvalue weighted by Crippen LogP contribution is 2.51. The van der Waals surface area contributed by atoms with Gasteiger partial charge in [0.05, 0.1) is 17.5 Å². The second-order valence-corrected chi connectivity index (χ2v) is 10.6. The van der Waals surface area contributed by atoms with Gasteiger partial charge in [-0.25, -0.2) is 9.97 Å². The molecule has 2 aliphatic rings. The number of halogens is 3. The first-order chi connectivity index (χ1) is 19.0.